The zero-order valence-electron chi connectivity index (χ0n) is 15.3. The van der Waals surface area contributed by atoms with Gasteiger partial charge in [0.25, 0.3) is 0 Å². The van der Waals surface area contributed by atoms with E-state index in [9.17, 15) is 4.79 Å². The van der Waals surface area contributed by atoms with Gasteiger partial charge in [0.15, 0.2) is 0 Å². The lowest BCUT2D eigenvalue weighted by molar-refractivity contribution is 0.0292. The van der Waals surface area contributed by atoms with Gasteiger partial charge in [-0.1, -0.05) is 0 Å². The molecular formula is C18H26N4O2. The van der Waals surface area contributed by atoms with Gasteiger partial charge in [-0.15, -0.1) is 0 Å². The predicted molar refractivity (Wildman–Crippen MR) is 93.8 cm³/mol. The summed E-state index contributed by atoms with van der Waals surface area (Å²) in [6.45, 7) is 10.8. The van der Waals surface area contributed by atoms with Crippen molar-refractivity contribution in [3.63, 3.8) is 0 Å². The van der Waals surface area contributed by atoms with Gasteiger partial charge in [0.05, 0.1) is 12.7 Å². The van der Waals surface area contributed by atoms with Crippen molar-refractivity contribution in [3.05, 3.63) is 35.9 Å². The number of aryl methyl sites for hydroxylation is 2. The number of nitrogens with zero attached hydrogens (tertiary/aromatic N) is 4. The van der Waals surface area contributed by atoms with Crippen molar-refractivity contribution in [1.82, 2.24) is 19.7 Å². The van der Waals surface area contributed by atoms with Gasteiger partial charge in [0.1, 0.15) is 5.60 Å². The van der Waals surface area contributed by atoms with Crippen LogP contribution >= 0.6 is 0 Å². The van der Waals surface area contributed by atoms with Crippen molar-refractivity contribution < 1.29 is 9.53 Å². The molecule has 2 heterocycles. The maximum Gasteiger partial charge on any atom is 0.410 e. The van der Waals surface area contributed by atoms with Gasteiger partial charge in [-0.3, -0.25) is 9.67 Å². The highest BCUT2D eigenvalue weighted by atomic mass is 16.6. The van der Waals surface area contributed by atoms with E-state index in [0.717, 1.165) is 16.8 Å². The summed E-state index contributed by atoms with van der Waals surface area (Å²) in [6, 6.07) is 2.06. The van der Waals surface area contributed by atoms with Crippen LogP contribution in [0.3, 0.4) is 0 Å². The number of hydrogen-bond donors (Lipinski definition) is 0. The minimum atomic E-state index is -0.486. The first-order valence-electron chi connectivity index (χ1n) is 8.06. The number of pyridine rings is 1. The molecule has 0 atom stereocenters. The van der Waals surface area contributed by atoms with Crippen LogP contribution in [0.4, 0.5) is 4.79 Å². The summed E-state index contributed by atoms with van der Waals surface area (Å²) in [4.78, 5) is 17.9. The second kappa shape index (κ2) is 7.03. The molecule has 0 N–H and O–H groups in total. The Balaban J connectivity index is 1.98. The standard InChI is InChI=1S/C18H26N4O2/c1-13-9-14(2)19-11-16(13)15-10-20-22(12-15)8-7-21(6)17(23)24-18(3,4)5/h9-12H,7-8H2,1-6H3. The van der Waals surface area contributed by atoms with Gasteiger partial charge >= 0.3 is 6.09 Å². The van der Waals surface area contributed by atoms with E-state index in [4.69, 9.17) is 4.74 Å². The molecule has 6 heteroatoms. The minimum Gasteiger partial charge on any atom is -0.444 e. The molecule has 0 aliphatic rings. The van der Waals surface area contributed by atoms with Crippen molar-refractivity contribution in [2.75, 3.05) is 13.6 Å². The molecule has 0 saturated heterocycles. The number of hydrogen-bond acceptors (Lipinski definition) is 4. The second-order valence-electron chi connectivity index (χ2n) is 7.03. The van der Waals surface area contributed by atoms with Crippen molar-refractivity contribution in [2.24, 2.45) is 0 Å². The second-order valence-corrected chi connectivity index (χ2v) is 7.03. The average molecular weight is 330 g/mol. The van der Waals surface area contributed by atoms with E-state index in [-0.39, 0.29) is 6.09 Å². The van der Waals surface area contributed by atoms with Crippen molar-refractivity contribution in [3.8, 4) is 11.1 Å². The number of ether oxygens (including phenoxy) is 1. The molecule has 2 aromatic rings. The van der Waals surface area contributed by atoms with Crippen molar-refractivity contribution in [1.29, 1.82) is 0 Å². The number of carbonyl (C=O) groups is 1. The van der Waals surface area contributed by atoms with Crippen molar-refractivity contribution in [2.45, 2.75) is 46.8 Å². The smallest absolute Gasteiger partial charge is 0.410 e. The Bertz CT molecular complexity index is 716. The molecule has 0 radical (unpaired) electrons. The van der Waals surface area contributed by atoms with Crippen LogP contribution < -0.4 is 0 Å². The summed E-state index contributed by atoms with van der Waals surface area (Å²) in [5, 5.41) is 4.37. The van der Waals surface area contributed by atoms with Crippen LogP contribution in [0, 0.1) is 13.8 Å². The normalized spacial score (nSPS) is 11.4. The monoisotopic (exact) mass is 330 g/mol. The Kier molecular flexibility index (Phi) is 5.26. The maximum atomic E-state index is 11.9. The van der Waals surface area contributed by atoms with E-state index >= 15 is 0 Å². The highest BCUT2D eigenvalue weighted by Gasteiger charge is 2.19. The van der Waals surface area contributed by atoms with Crippen LogP contribution in [-0.4, -0.2) is 45.0 Å². The average Bonchev–Trinajstić information content (AvgIpc) is 2.91. The first-order chi connectivity index (χ1) is 11.2. The maximum absolute atomic E-state index is 11.9. The van der Waals surface area contributed by atoms with E-state index in [2.05, 4.69) is 23.1 Å². The third kappa shape index (κ3) is 4.81. The summed E-state index contributed by atoms with van der Waals surface area (Å²) in [7, 11) is 1.73. The van der Waals surface area contributed by atoms with Crippen LogP contribution in [0.15, 0.2) is 24.7 Å². The summed E-state index contributed by atoms with van der Waals surface area (Å²) in [5.41, 5.74) is 3.79. The molecule has 0 aromatic carbocycles. The zero-order valence-corrected chi connectivity index (χ0v) is 15.3. The molecular weight excluding hydrogens is 304 g/mol. The van der Waals surface area contributed by atoms with Gasteiger partial charge < -0.3 is 9.64 Å². The lowest BCUT2D eigenvalue weighted by Gasteiger charge is -2.24. The Morgan fingerprint density at radius 2 is 2.00 bits per heavy atom. The number of likely N-dealkylation sites (N-methyl/N-ethyl adjacent to an activating group) is 1. The minimum absolute atomic E-state index is 0.326. The molecule has 1 amide bonds. The molecule has 2 rings (SSSR count). The highest BCUT2D eigenvalue weighted by molar-refractivity contribution is 5.67. The van der Waals surface area contributed by atoms with E-state index in [1.54, 1.807) is 11.9 Å². The van der Waals surface area contributed by atoms with Gasteiger partial charge in [-0.2, -0.15) is 5.10 Å². The molecule has 0 bridgehead atoms. The van der Waals surface area contributed by atoms with Crippen molar-refractivity contribution >= 4 is 6.09 Å². The molecule has 0 saturated carbocycles. The van der Waals surface area contributed by atoms with E-state index in [1.165, 1.54) is 5.56 Å². The topological polar surface area (TPSA) is 60.2 Å². The number of amides is 1. The van der Waals surface area contributed by atoms with Crippen LogP contribution in [0.1, 0.15) is 32.0 Å². The number of rotatable bonds is 4. The van der Waals surface area contributed by atoms with Gasteiger partial charge in [-0.05, 0) is 46.2 Å². The summed E-state index contributed by atoms with van der Waals surface area (Å²) < 4.78 is 7.17. The fourth-order valence-corrected chi connectivity index (χ4v) is 2.31. The molecule has 24 heavy (non-hydrogen) atoms. The molecule has 0 spiro atoms. The molecule has 2 aromatic heterocycles. The first kappa shape index (κ1) is 18.0. The van der Waals surface area contributed by atoms with E-state index in [1.807, 2.05) is 51.0 Å². The third-order valence-corrected chi connectivity index (χ3v) is 3.56. The van der Waals surface area contributed by atoms with E-state index < -0.39 is 5.60 Å². The Morgan fingerprint density at radius 1 is 1.29 bits per heavy atom. The zero-order chi connectivity index (χ0) is 17.9. The van der Waals surface area contributed by atoms with E-state index in [0.29, 0.717) is 13.1 Å². The van der Waals surface area contributed by atoms with Crippen LogP contribution in [-0.2, 0) is 11.3 Å². The van der Waals surface area contributed by atoms with Gasteiger partial charge in [-0.25, -0.2) is 4.79 Å². The Hall–Kier alpha value is -2.37. The molecule has 0 aliphatic carbocycles. The third-order valence-electron chi connectivity index (χ3n) is 3.56. The van der Waals surface area contributed by atoms with Gasteiger partial charge in [0, 0.05) is 42.8 Å². The fraction of sp³-hybridized carbons (Fsp3) is 0.500. The van der Waals surface area contributed by atoms with Crippen LogP contribution in [0.25, 0.3) is 11.1 Å². The molecule has 0 fully saturated rings. The quantitative estimate of drug-likeness (QED) is 0.862. The SMILES string of the molecule is Cc1cc(C)c(-c2cnn(CCN(C)C(=O)OC(C)(C)C)c2)cn1. The molecule has 130 valence electrons. The molecule has 0 unspecified atom stereocenters. The predicted octanol–water partition coefficient (Wildman–Crippen LogP) is 3.43. The summed E-state index contributed by atoms with van der Waals surface area (Å²) in [6.07, 6.45) is 5.35. The van der Waals surface area contributed by atoms with Gasteiger partial charge in [0.2, 0.25) is 0 Å². The lowest BCUT2D eigenvalue weighted by Crippen LogP contribution is -2.36. The lowest BCUT2D eigenvalue weighted by atomic mass is 10.1. The summed E-state index contributed by atoms with van der Waals surface area (Å²) in [5.74, 6) is 0. The fourth-order valence-electron chi connectivity index (χ4n) is 2.31. The van der Waals surface area contributed by atoms with Crippen LogP contribution in [0.5, 0.6) is 0 Å². The largest absolute Gasteiger partial charge is 0.444 e. The molecule has 0 aliphatic heterocycles. The Labute approximate surface area is 143 Å². The molecule has 6 nitrogen and oxygen atoms in total. The first-order valence-corrected chi connectivity index (χ1v) is 8.06. The van der Waals surface area contributed by atoms with Crippen LogP contribution in [0.2, 0.25) is 0 Å². The number of aromatic nitrogens is 3. The number of carbonyl (C=O) groups excluding carboxylic acids is 1. The highest BCUT2D eigenvalue weighted by Crippen LogP contribution is 2.22. The Morgan fingerprint density at radius 3 is 2.62 bits per heavy atom. The summed E-state index contributed by atoms with van der Waals surface area (Å²) >= 11 is 0.